The largest absolute Gasteiger partial charge is 0.339 e. The first-order valence-corrected chi connectivity index (χ1v) is 12.5. The summed E-state index contributed by atoms with van der Waals surface area (Å²) in [5.41, 5.74) is 10.2. The van der Waals surface area contributed by atoms with Gasteiger partial charge in [0.25, 0.3) is 0 Å². The van der Waals surface area contributed by atoms with E-state index in [0.717, 1.165) is 22.3 Å². The van der Waals surface area contributed by atoms with Gasteiger partial charge >= 0.3 is 0 Å². The van der Waals surface area contributed by atoms with Crippen molar-refractivity contribution in [2.24, 2.45) is 5.73 Å². The zero-order chi connectivity index (χ0) is 25.9. The number of fused-ring (bicyclic) bond motifs is 1. The van der Waals surface area contributed by atoms with Crippen molar-refractivity contribution < 1.29 is 18.4 Å². The number of benzene rings is 3. The van der Waals surface area contributed by atoms with E-state index in [1.165, 1.54) is 24.3 Å². The third-order valence-electron chi connectivity index (χ3n) is 7.27. The second-order valence-corrected chi connectivity index (χ2v) is 9.70. The highest BCUT2D eigenvalue weighted by atomic mass is 19.1. The quantitative estimate of drug-likeness (QED) is 0.558. The van der Waals surface area contributed by atoms with Gasteiger partial charge in [-0.1, -0.05) is 48.5 Å². The van der Waals surface area contributed by atoms with Crippen LogP contribution in [0.1, 0.15) is 34.7 Å². The summed E-state index contributed by atoms with van der Waals surface area (Å²) in [5, 5.41) is 0. The zero-order valence-electron chi connectivity index (χ0n) is 20.5. The maximum absolute atomic E-state index is 13.6. The number of nitrogens with zero attached hydrogens (tertiary/aromatic N) is 3. The molecule has 2 N–H and O–H groups in total. The summed E-state index contributed by atoms with van der Waals surface area (Å²) in [6, 6.07) is 19.4. The highest BCUT2D eigenvalue weighted by Gasteiger charge is 2.32. The average Bonchev–Trinajstić information content (AvgIpc) is 3.36. The molecule has 0 aliphatic carbocycles. The maximum Gasteiger partial charge on any atom is 0.240 e. The Morgan fingerprint density at radius 1 is 0.730 bits per heavy atom. The van der Waals surface area contributed by atoms with E-state index in [0.29, 0.717) is 39.3 Å². The van der Waals surface area contributed by atoms with E-state index in [9.17, 15) is 18.4 Å². The van der Waals surface area contributed by atoms with Crippen molar-refractivity contribution in [2.45, 2.75) is 31.6 Å². The predicted octanol–water partition coefficient (Wildman–Crippen LogP) is 3.46. The summed E-state index contributed by atoms with van der Waals surface area (Å²) in [5.74, 6) is -0.995. The van der Waals surface area contributed by atoms with Gasteiger partial charge in [0.05, 0.1) is 18.5 Å². The van der Waals surface area contributed by atoms with Crippen molar-refractivity contribution in [3.05, 3.63) is 107 Å². The molecular weight excluding hydrogens is 474 g/mol. The topological polar surface area (TPSA) is 69.9 Å². The summed E-state index contributed by atoms with van der Waals surface area (Å²) >= 11 is 0. The minimum Gasteiger partial charge on any atom is -0.339 e. The Hall–Kier alpha value is -3.62. The fourth-order valence-corrected chi connectivity index (χ4v) is 5.25. The lowest BCUT2D eigenvalue weighted by Gasteiger charge is -2.40. The van der Waals surface area contributed by atoms with E-state index < -0.39 is 6.04 Å². The third kappa shape index (κ3) is 5.55. The van der Waals surface area contributed by atoms with Crippen LogP contribution in [0.3, 0.4) is 0 Å². The molecule has 2 amide bonds. The molecule has 6 nitrogen and oxygen atoms in total. The monoisotopic (exact) mass is 504 g/mol. The Bertz CT molecular complexity index is 1190. The van der Waals surface area contributed by atoms with Crippen LogP contribution in [0.2, 0.25) is 0 Å². The van der Waals surface area contributed by atoms with Crippen LogP contribution in [-0.4, -0.2) is 58.7 Å². The van der Waals surface area contributed by atoms with Crippen molar-refractivity contribution in [3.63, 3.8) is 0 Å². The molecule has 1 atom stereocenters. The fraction of sp³-hybridized carbons (Fsp3) is 0.310. The van der Waals surface area contributed by atoms with E-state index in [2.05, 4.69) is 4.90 Å². The predicted molar refractivity (Wildman–Crippen MR) is 136 cm³/mol. The summed E-state index contributed by atoms with van der Waals surface area (Å²) in [6.07, 6.45) is -0.0270. The lowest BCUT2D eigenvalue weighted by atomic mass is 9.96. The lowest BCUT2D eigenvalue weighted by molar-refractivity contribution is -0.139. The number of nitrogens with two attached hydrogens (primary N) is 1. The van der Waals surface area contributed by atoms with E-state index in [4.69, 9.17) is 5.73 Å². The Kier molecular flexibility index (Phi) is 7.30. The molecule has 2 aliphatic rings. The van der Waals surface area contributed by atoms with Crippen molar-refractivity contribution in [1.82, 2.24) is 14.7 Å². The number of halogens is 2. The van der Waals surface area contributed by atoms with Gasteiger partial charge in [-0.3, -0.25) is 14.5 Å². The van der Waals surface area contributed by atoms with Gasteiger partial charge in [-0.2, -0.15) is 0 Å². The minimum absolute atomic E-state index is 0.0270. The Morgan fingerprint density at radius 3 is 1.70 bits per heavy atom. The fourth-order valence-electron chi connectivity index (χ4n) is 5.25. The van der Waals surface area contributed by atoms with Gasteiger partial charge in [-0.15, -0.1) is 0 Å². The molecule has 8 heteroatoms. The average molecular weight is 505 g/mol. The molecule has 0 saturated carbocycles. The standard InChI is InChI=1S/C29H30F2N4O2/c30-24-9-5-20(6-10-24)28(21-7-11-25(31)12-8-21)33-13-15-34(16-14-33)29(37)26(32)17-27(36)35-18-22-3-1-2-4-23(22)19-35/h1-12,26,28H,13-19,32H2/t26-/m0/s1. The first-order valence-electron chi connectivity index (χ1n) is 12.5. The summed E-state index contributed by atoms with van der Waals surface area (Å²) in [4.78, 5) is 31.6. The Balaban J connectivity index is 1.20. The Morgan fingerprint density at radius 2 is 1.22 bits per heavy atom. The molecular formula is C29H30F2N4O2. The molecule has 0 radical (unpaired) electrons. The molecule has 3 aromatic rings. The summed E-state index contributed by atoms with van der Waals surface area (Å²) in [7, 11) is 0. The van der Waals surface area contributed by atoms with Crippen molar-refractivity contribution in [1.29, 1.82) is 0 Å². The van der Waals surface area contributed by atoms with Gasteiger partial charge in [0.2, 0.25) is 11.8 Å². The van der Waals surface area contributed by atoms with Crippen LogP contribution in [0.5, 0.6) is 0 Å². The molecule has 0 aromatic heterocycles. The molecule has 0 spiro atoms. The molecule has 2 aliphatic heterocycles. The number of rotatable bonds is 6. The first-order chi connectivity index (χ1) is 17.9. The number of amides is 2. The second-order valence-electron chi connectivity index (χ2n) is 9.70. The normalized spacial score (nSPS) is 16.6. The molecule has 1 saturated heterocycles. The van der Waals surface area contributed by atoms with E-state index >= 15 is 0 Å². The van der Waals surface area contributed by atoms with Crippen LogP contribution in [0.15, 0.2) is 72.8 Å². The van der Waals surface area contributed by atoms with E-state index in [-0.39, 0.29) is 35.9 Å². The van der Waals surface area contributed by atoms with Crippen LogP contribution in [0, 0.1) is 11.6 Å². The zero-order valence-corrected chi connectivity index (χ0v) is 20.5. The molecule has 37 heavy (non-hydrogen) atoms. The van der Waals surface area contributed by atoms with Crippen LogP contribution in [0.4, 0.5) is 8.78 Å². The SMILES string of the molecule is N[C@@H](CC(=O)N1Cc2ccccc2C1)C(=O)N1CCN(C(c2ccc(F)cc2)c2ccc(F)cc2)CC1. The number of hydrogen-bond acceptors (Lipinski definition) is 4. The lowest BCUT2D eigenvalue weighted by Crippen LogP contribution is -2.54. The molecule has 0 unspecified atom stereocenters. The van der Waals surface area contributed by atoms with E-state index in [1.807, 2.05) is 24.3 Å². The van der Waals surface area contributed by atoms with Gasteiger partial charge < -0.3 is 15.5 Å². The number of piperazine rings is 1. The van der Waals surface area contributed by atoms with Crippen LogP contribution < -0.4 is 5.73 Å². The van der Waals surface area contributed by atoms with Gasteiger partial charge in [0.1, 0.15) is 11.6 Å². The van der Waals surface area contributed by atoms with Crippen LogP contribution in [0.25, 0.3) is 0 Å². The van der Waals surface area contributed by atoms with Crippen molar-refractivity contribution in [2.75, 3.05) is 26.2 Å². The maximum atomic E-state index is 13.6. The molecule has 0 bridgehead atoms. The number of carbonyl (C=O) groups excluding carboxylic acids is 2. The molecule has 3 aromatic carbocycles. The molecule has 1 fully saturated rings. The molecule has 192 valence electrons. The highest BCUT2D eigenvalue weighted by Crippen LogP contribution is 2.30. The number of hydrogen-bond donors (Lipinski definition) is 1. The second kappa shape index (κ2) is 10.8. The van der Waals surface area contributed by atoms with Crippen LogP contribution in [-0.2, 0) is 22.7 Å². The van der Waals surface area contributed by atoms with E-state index in [1.54, 1.807) is 34.1 Å². The summed E-state index contributed by atoms with van der Waals surface area (Å²) < 4.78 is 27.2. The van der Waals surface area contributed by atoms with Gasteiger partial charge in [-0.05, 0) is 46.5 Å². The highest BCUT2D eigenvalue weighted by molar-refractivity contribution is 5.88. The smallest absolute Gasteiger partial charge is 0.240 e. The van der Waals surface area contributed by atoms with Crippen LogP contribution >= 0.6 is 0 Å². The molecule has 2 heterocycles. The number of carbonyl (C=O) groups is 2. The molecule has 5 rings (SSSR count). The summed E-state index contributed by atoms with van der Waals surface area (Å²) in [6.45, 7) is 3.12. The first kappa shape index (κ1) is 25.0. The van der Waals surface area contributed by atoms with Gasteiger partial charge in [0, 0.05) is 39.3 Å². The van der Waals surface area contributed by atoms with Gasteiger partial charge in [-0.25, -0.2) is 8.78 Å². The third-order valence-corrected chi connectivity index (χ3v) is 7.27. The minimum atomic E-state index is -0.896. The van der Waals surface area contributed by atoms with Gasteiger partial charge in [0.15, 0.2) is 0 Å². The van der Waals surface area contributed by atoms with Crippen molar-refractivity contribution in [3.8, 4) is 0 Å². The van der Waals surface area contributed by atoms with Crippen molar-refractivity contribution >= 4 is 11.8 Å². The Labute approximate surface area is 215 Å².